The van der Waals surface area contributed by atoms with Crippen LogP contribution in [0, 0.1) is 0 Å². The van der Waals surface area contributed by atoms with Crippen molar-refractivity contribution in [2.45, 2.75) is 0 Å². The van der Waals surface area contributed by atoms with Crippen LogP contribution in [0.4, 0.5) is 15.6 Å². The number of nitrogens with one attached hydrogen (secondary N) is 2. The molecule has 0 spiro atoms. The molecule has 3 rings (SSSR count). The first-order valence-electron chi connectivity index (χ1n) is 6.00. The predicted octanol–water partition coefficient (Wildman–Crippen LogP) is 5.25. The lowest BCUT2D eigenvalue weighted by atomic mass is 10.3. The van der Waals surface area contributed by atoms with E-state index in [1.54, 1.807) is 18.2 Å². The topological polar surface area (TPSA) is 54.0 Å². The number of carbonyl (C=O) groups excluding carboxylic acids is 1. The molecule has 0 aliphatic heterocycles. The highest BCUT2D eigenvalue weighted by Gasteiger charge is 2.09. The van der Waals surface area contributed by atoms with Crippen LogP contribution in [-0.4, -0.2) is 11.0 Å². The van der Waals surface area contributed by atoms with E-state index in [1.165, 1.54) is 11.3 Å². The third-order valence-electron chi connectivity index (χ3n) is 2.69. The Balaban J connectivity index is 1.74. The molecule has 2 amide bonds. The smallest absolute Gasteiger partial charge is 0.306 e. The number of rotatable bonds is 2. The molecule has 0 saturated carbocycles. The number of halogens is 2. The lowest BCUT2D eigenvalue weighted by Crippen LogP contribution is -2.19. The number of nitrogens with zero attached hydrogens (tertiary/aromatic N) is 1. The maximum Gasteiger partial charge on any atom is 0.325 e. The number of hydrogen-bond donors (Lipinski definition) is 2. The van der Waals surface area contributed by atoms with Gasteiger partial charge in [-0.1, -0.05) is 46.7 Å². The monoisotopic (exact) mass is 337 g/mol. The Kier molecular flexibility index (Phi) is 3.96. The Morgan fingerprint density at radius 1 is 1.10 bits per heavy atom. The zero-order valence-electron chi connectivity index (χ0n) is 10.6. The minimum absolute atomic E-state index is 0.377. The summed E-state index contributed by atoms with van der Waals surface area (Å²) in [5.41, 5.74) is 1.34. The van der Waals surface area contributed by atoms with Crippen LogP contribution in [0.25, 0.3) is 10.2 Å². The molecule has 0 aliphatic carbocycles. The highest BCUT2D eigenvalue weighted by Crippen LogP contribution is 2.27. The second-order valence-corrected chi connectivity index (χ2v) is 6.06. The molecule has 0 saturated heterocycles. The number of benzene rings is 2. The number of hydrogen-bond acceptors (Lipinski definition) is 3. The second-order valence-electron chi connectivity index (χ2n) is 4.19. The van der Waals surface area contributed by atoms with Crippen LogP contribution in [0.1, 0.15) is 0 Å². The fraction of sp³-hybridized carbons (Fsp3) is 0. The van der Waals surface area contributed by atoms with E-state index in [0.717, 1.165) is 10.2 Å². The molecule has 2 aromatic carbocycles. The van der Waals surface area contributed by atoms with Crippen LogP contribution < -0.4 is 10.6 Å². The number of carbonyl (C=O) groups is 1. The summed E-state index contributed by atoms with van der Waals surface area (Å²) >= 11 is 13.2. The van der Waals surface area contributed by atoms with Gasteiger partial charge in [-0.15, -0.1) is 0 Å². The predicted molar refractivity (Wildman–Crippen MR) is 88.7 cm³/mol. The van der Waals surface area contributed by atoms with E-state index < -0.39 is 6.03 Å². The van der Waals surface area contributed by atoms with E-state index >= 15 is 0 Å². The lowest BCUT2D eigenvalue weighted by molar-refractivity contribution is 0.262. The lowest BCUT2D eigenvalue weighted by Gasteiger charge is -2.07. The average Bonchev–Trinajstić information content (AvgIpc) is 2.84. The van der Waals surface area contributed by atoms with Crippen LogP contribution in [-0.2, 0) is 0 Å². The van der Waals surface area contributed by atoms with Crippen molar-refractivity contribution in [2.75, 3.05) is 10.6 Å². The van der Waals surface area contributed by atoms with E-state index in [-0.39, 0.29) is 0 Å². The maximum atomic E-state index is 11.9. The van der Waals surface area contributed by atoms with Crippen molar-refractivity contribution in [3.63, 3.8) is 0 Å². The average molecular weight is 338 g/mol. The van der Waals surface area contributed by atoms with Crippen molar-refractivity contribution >= 4 is 61.6 Å². The van der Waals surface area contributed by atoms with Crippen molar-refractivity contribution in [1.29, 1.82) is 0 Å². The Morgan fingerprint density at radius 3 is 2.67 bits per heavy atom. The van der Waals surface area contributed by atoms with E-state index in [4.69, 9.17) is 23.2 Å². The SMILES string of the molecule is O=C(Nc1nc2ccccc2s1)Nc1ccc(Cl)cc1Cl. The molecule has 0 bridgehead atoms. The van der Waals surface area contributed by atoms with Gasteiger partial charge in [0, 0.05) is 5.02 Å². The van der Waals surface area contributed by atoms with Crippen molar-refractivity contribution in [1.82, 2.24) is 4.98 Å². The van der Waals surface area contributed by atoms with E-state index in [0.29, 0.717) is 20.9 Å². The third-order valence-corrected chi connectivity index (χ3v) is 4.19. The van der Waals surface area contributed by atoms with Crippen LogP contribution in [0.5, 0.6) is 0 Å². The van der Waals surface area contributed by atoms with Crippen molar-refractivity contribution in [2.24, 2.45) is 0 Å². The first-order valence-corrected chi connectivity index (χ1v) is 7.58. The Labute approximate surface area is 134 Å². The van der Waals surface area contributed by atoms with E-state index in [9.17, 15) is 4.79 Å². The van der Waals surface area contributed by atoms with Gasteiger partial charge in [-0.05, 0) is 30.3 Å². The zero-order chi connectivity index (χ0) is 14.8. The van der Waals surface area contributed by atoms with Gasteiger partial charge in [-0.2, -0.15) is 0 Å². The van der Waals surface area contributed by atoms with E-state index in [2.05, 4.69) is 15.6 Å². The number of para-hydroxylation sites is 1. The summed E-state index contributed by atoms with van der Waals surface area (Å²) in [5.74, 6) is 0. The second kappa shape index (κ2) is 5.89. The maximum absolute atomic E-state index is 11.9. The molecule has 106 valence electrons. The zero-order valence-corrected chi connectivity index (χ0v) is 12.9. The quantitative estimate of drug-likeness (QED) is 0.671. The molecule has 0 atom stereocenters. The molecule has 0 radical (unpaired) electrons. The van der Waals surface area contributed by atoms with Crippen LogP contribution in [0.3, 0.4) is 0 Å². The molecule has 4 nitrogen and oxygen atoms in total. The fourth-order valence-corrected chi connectivity index (χ4v) is 3.08. The molecule has 0 aliphatic rings. The van der Waals surface area contributed by atoms with Gasteiger partial charge in [0.05, 0.1) is 20.9 Å². The van der Waals surface area contributed by atoms with Gasteiger partial charge in [0.2, 0.25) is 0 Å². The van der Waals surface area contributed by atoms with Crippen LogP contribution >= 0.6 is 34.5 Å². The van der Waals surface area contributed by atoms with Crippen molar-refractivity contribution < 1.29 is 4.79 Å². The van der Waals surface area contributed by atoms with Gasteiger partial charge >= 0.3 is 6.03 Å². The summed E-state index contributed by atoms with van der Waals surface area (Å²) in [4.78, 5) is 16.3. The molecule has 7 heteroatoms. The van der Waals surface area contributed by atoms with Gasteiger partial charge in [-0.3, -0.25) is 5.32 Å². The summed E-state index contributed by atoms with van der Waals surface area (Å²) in [6, 6.07) is 12.1. The Hall–Kier alpha value is -1.82. The van der Waals surface area contributed by atoms with Gasteiger partial charge < -0.3 is 5.32 Å². The third kappa shape index (κ3) is 3.26. The number of anilines is 2. The molecule has 0 unspecified atom stereocenters. The Morgan fingerprint density at radius 2 is 1.90 bits per heavy atom. The molecule has 3 aromatic rings. The molecule has 1 aromatic heterocycles. The standard InChI is InChI=1S/C14H9Cl2N3OS/c15-8-5-6-10(9(16)7-8)17-13(20)19-14-18-11-3-1-2-4-12(11)21-14/h1-7H,(H2,17,18,19,20). The van der Waals surface area contributed by atoms with Crippen molar-refractivity contribution in [3.05, 3.63) is 52.5 Å². The minimum atomic E-state index is -0.404. The van der Waals surface area contributed by atoms with Gasteiger partial charge in [0.15, 0.2) is 5.13 Å². The summed E-state index contributed by atoms with van der Waals surface area (Å²) in [7, 11) is 0. The first kappa shape index (κ1) is 14.1. The summed E-state index contributed by atoms with van der Waals surface area (Å²) in [6.45, 7) is 0. The van der Waals surface area contributed by atoms with Crippen molar-refractivity contribution in [3.8, 4) is 0 Å². The normalized spacial score (nSPS) is 10.6. The minimum Gasteiger partial charge on any atom is -0.306 e. The Bertz CT molecular complexity index is 786. The first-order chi connectivity index (χ1) is 10.1. The van der Waals surface area contributed by atoms with Crippen LogP contribution in [0.2, 0.25) is 10.0 Å². The molecule has 1 heterocycles. The molecule has 2 N–H and O–H groups in total. The highest BCUT2D eigenvalue weighted by atomic mass is 35.5. The fourth-order valence-electron chi connectivity index (χ4n) is 1.77. The highest BCUT2D eigenvalue weighted by molar-refractivity contribution is 7.22. The number of aromatic nitrogens is 1. The largest absolute Gasteiger partial charge is 0.325 e. The van der Waals surface area contributed by atoms with Gasteiger partial charge in [0.25, 0.3) is 0 Å². The number of amides is 2. The van der Waals surface area contributed by atoms with E-state index in [1.807, 2.05) is 24.3 Å². The number of fused-ring (bicyclic) bond motifs is 1. The molecule has 0 fully saturated rings. The van der Waals surface area contributed by atoms with Gasteiger partial charge in [0.1, 0.15) is 0 Å². The number of thiazole rings is 1. The molecular formula is C14H9Cl2N3OS. The molecule has 21 heavy (non-hydrogen) atoms. The summed E-state index contributed by atoms with van der Waals surface area (Å²) < 4.78 is 1.01. The van der Waals surface area contributed by atoms with Crippen LogP contribution in [0.15, 0.2) is 42.5 Å². The summed E-state index contributed by atoms with van der Waals surface area (Å²) in [6.07, 6.45) is 0. The molecular weight excluding hydrogens is 329 g/mol. The summed E-state index contributed by atoms with van der Waals surface area (Å²) in [5, 5.41) is 6.76. The van der Waals surface area contributed by atoms with Gasteiger partial charge in [-0.25, -0.2) is 9.78 Å². The number of urea groups is 1.